The van der Waals surface area contributed by atoms with Crippen molar-refractivity contribution in [3.8, 4) is 16.9 Å². The first-order chi connectivity index (χ1) is 12.7. The highest BCUT2D eigenvalue weighted by atomic mass is 32.1. The summed E-state index contributed by atoms with van der Waals surface area (Å²) >= 11 is 1.33. The molecule has 0 saturated heterocycles. The zero-order valence-electron chi connectivity index (χ0n) is 14.2. The van der Waals surface area contributed by atoms with Crippen LogP contribution in [-0.4, -0.2) is 18.4 Å². The molecular formula is C20H18N2O3S. The lowest BCUT2D eigenvalue weighted by atomic mass is 10.1. The van der Waals surface area contributed by atoms with Gasteiger partial charge in [0.05, 0.1) is 6.61 Å². The standard InChI is InChI=1S/C20H18N2O3S/c1-2-25-16-10-8-15(9-11-16)19(23)21-22-20(24)18-17(12-13-26-18)14-6-4-3-5-7-14/h3-13H,2H2,1H3,(H,21,23)(H,22,24). The van der Waals surface area contributed by atoms with Gasteiger partial charge in [-0.15, -0.1) is 11.3 Å². The maximum absolute atomic E-state index is 12.4. The molecule has 6 heteroatoms. The molecule has 2 amide bonds. The molecule has 0 fully saturated rings. The van der Waals surface area contributed by atoms with Gasteiger partial charge in [0.15, 0.2) is 0 Å². The Morgan fingerprint density at radius 2 is 1.62 bits per heavy atom. The van der Waals surface area contributed by atoms with Gasteiger partial charge in [-0.1, -0.05) is 30.3 Å². The van der Waals surface area contributed by atoms with E-state index in [4.69, 9.17) is 4.74 Å². The lowest BCUT2D eigenvalue weighted by molar-refractivity contribution is 0.0849. The van der Waals surface area contributed by atoms with E-state index in [-0.39, 0.29) is 11.8 Å². The molecule has 0 saturated carbocycles. The summed E-state index contributed by atoms with van der Waals surface area (Å²) in [6.45, 7) is 2.45. The molecule has 0 atom stereocenters. The molecule has 1 aromatic heterocycles. The SMILES string of the molecule is CCOc1ccc(C(=O)NNC(=O)c2sccc2-c2ccccc2)cc1. The average molecular weight is 366 g/mol. The van der Waals surface area contributed by atoms with Gasteiger partial charge in [0, 0.05) is 11.1 Å². The van der Waals surface area contributed by atoms with Crippen molar-refractivity contribution in [3.05, 3.63) is 76.5 Å². The van der Waals surface area contributed by atoms with Crippen LogP contribution in [0.5, 0.6) is 5.75 Å². The van der Waals surface area contributed by atoms with Gasteiger partial charge in [0.2, 0.25) is 0 Å². The largest absolute Gasteiger partial charge is 0.494 e. The summed E-state index contributed by atoms with van der Waals surface area (Å²) in [6, 6.07) is 18.3. The number of hydrogen-bond donors (Lipinski definition) is 2. The number of rotatable bonds is 5. The van der Waals surface area contributed by atoms with E-state index >= 15 is 0 Å². The van der Waals surface area contributed by atoms with Gasteiger partial charge in [-0.05, 0) is 48.2 Å². The number of carbonyl (C=O) groups excluding carboxylic acids is 2. The number of thiophene rings is 1. The number of hydrogen-bond acceptors (Lipinski definition) is 4. The molecule has 0 radical (unpaired) electrons. The molecular weight excluding hydrogens is 348 g/mol. The van der Waals surface area contributed by atoms with Crippen LogP contribution in [0.3, 0.4) is 0 Å². The Bertz CT molecular complexity index is 889. The van der Waals surface area contributed by atoms with Crippen molar-refractivity contribution in [2.45, 2.75) is 6.92 Å². The molecule has 0 aliphatic heterocycles. The van der Waals surface area contributed by atoms with Gasteiger partial charge in [0.1, 0.15) is 10.6 Å². The average Bonchev–Trinajstić information content (AvgIpc) is 3.17. The zero-order chi connectivity index (χ0) is 18.4. The van der Waals surface area contributed by atoms with E-state index < -0.39 is 0 Å². The Balaban J connectivity index is 1.64. The van der Waals surface area contributed by atoms with E-state index in [1.165, 1.54) is 11.3 Å². The molecule has 26 heavy (non-hydrogen) atoms. The van der Waals surface area contributed by atoms with Gasteiger partial charge in [-0.2, -0.15) is 0 Å². The maximum atomic E-state index is 12.4. The third-order valence-corrected chi connectivity index (χ3v) is 4.59. The first-order valence-electron chi connectivity index (χ1n) is 8.15. The maximum Gasteiger partial charge on any atom is 0.280 e. The molecule has 0 unspecified atom stereocenters. The van der Waals surface area contributed by atoms with Crippen molar-refractivity contribution in [2.24, 2.45) is 0 Å². The predicted octanol–water partition coefficient (Wildman–Crippen LogP) is 3.89. The molecule has 0 aliphatic carbocycles. The van der Waals surface area contributed by atoms with Crippen molar-refractivity contribution in [1.29, 1.82) is 0 Å². The Morgan fingerprint density at radius 1 is 0.923 bits per heavy atom. The van der Waals surface area contributed by atoms with E-state index in [9.17, 15) is 9.59 Å². The van der Waals surface area contributed by atoms with Crippen LogP contribution in [0.4, 0.5) is 0 Å². The summed E-state index contributed by atoms with van der Waals surface area (Å²) in [4.78, 5) is 25.2. The fourth-order valence-corrected chi connectivity index (χ4v) is 3.25. The summed E-state index contributed by atoms with van der Waals surface area (Å²) in [7, 11) is 0. The molecule has 2 aromatic carbocycles. The predicted molar refractivity (Wildman–Crippen MR) is 102 cm³/mol. The van der Waals surface area contributed by atoms with Crippen molar-refractivity contribution in [2.75, 3.05) is 6.61 Å². The fourth-order valence-electron chi connectivity index (χ4n) is 2.44. The van der Waals surface area contributed by atoms with E-state index in [0.29, 0.717) is 22.8 Å². The zero-order valence-corrected chi connectivity index (χ0v) is 15.0. The number of hydrazine groups is 1. The number of benzene rings is 2. The van der Waals surface area contributed by atoms with Crippen LogP contribution in [0.15, 0.2) is 66.0 Å². The van der Waals surface area contributed by atoms with Gasteiger partial charge < -0.3 is 4.74 Å². The van der Waals surface area contributed by atoms with Gasteiger partial charge in [-0.25, -0.2) is 0 Å². The van der Waals surface area contributed by atoms with E-state index in [1.54, 1.807) is 24.3 Å². The van der Waals surface area contributed by atoms with E-state index in [2.05, 4.69) is 10.9 Å². The van der Waals surface area contributed by atoms with Gasteiger partial charge in [0.25, 0.3) is 11.8 Å². The smallest absolute Gasteiger partial charge is 0.280 e. The first kappa shape index (κ1) is 17.7. The van der Waals surface area contributed by atoms with Crippen LogP contribution in [0.2, 0.25) is 0 Å². The molecule has 0 bridgehead atoms. The normalized spacial score (nSPS) is 10.2. The van der Waals surface area contributed by atoms with E-state index in [1.807, 2.05) is 48.7 Å². The molecule has 3 aromatic rings. The lowest BCUT2D eigenvalue weighted by Gasteiger charge is -2.09. The van der Waals surface area contributed by atoms with Crippen LogP contribution in [0.1, 0.15) is 27.0 Å². The Morgan fingerprint density at radius 3 is 2.31 bits per heavy atom. The number of carbonyl (C=O) groups is 2. The number of nitrogens with one attached hydrogen (secondary N) is 2. The minimum atomic E-state index is -0.390. The first-order valence-corrected chi connectivity index (χ1v) is 9.03. The third kappa shape index (κ3) is 4.10. The molecule has 0 aliphatic rings. The van der Waals surface area contributed by atoms with Crippen LogP contribution in [0.25, 0.3) is 11.1 Å². The molecule has 0 spiro atoms. The Hall–Kier alpha value is -3.12. The second-order valence-corrected chi connectivity index (χ2v) is 6.31. The summed E-state index contributed by atoms with van der Waals surface area (Å²) in [5, 5.41) is 1.85. The van der Waals surface area contributed by atoms with Gasteiger partial charge >= 0.3 is 0 Å². The number of amides is 2. The van der Waals surface area contributed by atoms with Crippen LogP contribution in [0, 0.1) is 0 Å². The van der Waals surface area contributed by atoms with Crippen molar-refractivity contribution in [1.82, 2.24) is 10.9 Å². The van der Waals surface area contributed by atoms with Crippen molar-refractivity contribution >= 4 is 23.2 Å². The quantitative estimate of drug-likeness (QED) is 0.673. The highest BCUT2D eigenvalue weighted by Crippen LogP contribution is 2.27. The summed E-state index contributed by atoms with van der Waals surface area (Å²) < 4.78 is 5.34. The lowest BCUT2D eigenvalue weighted by Crippen LogP contribution is -2.41. The Labute approximate surface area is 155 Å². The monoisotopic (exact) mass is 366 g/mol. The molecule has 1 heterocycles. The topological polar surface area (TPSA) is 67.4 Å². The second-order valence-electron chi connectivity index (χ2n) is 5.40. The summed E-state index contributed by atoms with van der Waals surface area (Å²) in [6.07, 6.45) is 0. The molecule has 3 rings (SSSR count). The Kier molecular flexibility index (Phi) is 5.66. The minimum Gasteiger partial charge on any atom is -0.494 e. The second kappa shape index (κ2) is 8.31. The van der Waals surface area contributed by atoms with Gasteiger partial charge in [-0.3, -0.25) is 20.4 Å². The molecule has 5 nitrogen and oxygen atoms in total. The van der Waals surface area contributed by atoms with Crippen LogP contribution < -0.4 is 15.6 Å². The fraction of sp³-hybridized carbons (Fsp3) is 0.100. The van der Waals surface area contributed by atoms with Crippen molar-refractivity contribution in [3.63, 3.8) is 0 Å². The highest BCUT2D eigenvalue weighted by molar-refractivity contribution is 7.12. The summed E-state index contributed by atoms with van der Waals surface area (Å²) in [5.74, 6) is -0.0449. The number of ether oxygens (including phenoxy) is 1. The van der Waals surface area contributed by atoms with Crippen LogP contribution >= 0.6 is 11.3 Å². The minimum absolute atomic E-state index is 0.349. The third-order valence-electron chi connectivity index (χ3n) is 3.67. The van der Waals surface area contributed by atoms with Crippen LogP contribution in [-0.2, 0) is 0 Å². The molecule has 132 valence electrons. The highest BCUT2D eigenvalue weighted by Gasteiger charge is 2.15. The molecule has 2 N–H and O–H groups in total. The van der Waals surface area contributed by atoms with E-state index in [0.717, 1.165) is 11.1 Å². The summed E-state index contributed by atoms with van der Waals surface area (Å²) in [5.41, 5.74) is 7.14. The van der Waals surface area contributed by atoms with Crippen molar-refractivity contribution < 1.29 is 14.3 Å².